The number of carbonyl (C=O) groups is 2. The van der Waals surface area contributed by atoms with Gasteiger partial charge in [-0.2, -0.15) is 0 Å². The van der Waals surface area contributed by atoms with Crippen LogP contribution in [0.15, 0.2) is 6.07 Å². The Kier molecular flexibility index (Phi) is 5.24. The maximum atomic E-state index is 12.2. The molecule has 1 aliphatic carbocycles. The van der Waals surface area contributed by atoms with Crippen LogP contribution in [-0.2, 0) is 27.5 Å². The van der Waals surface area contributed by atoms with E-state index in [1.165, 1.54) is 34.6 Å². The number of aryl methyl sites for hydroxylation is 2. The second kappa shape index (κ2) is 7.23. The van der Waals surface area contributed by atoms with Crippen molar-refractivity contribution in [2.24, 2.45) is 5.92 Å². The average Bonchev–Trinajstić information content (AvgIpc) is 3.07. The van der Waals surface area contributed by atoms with E-state index in [0.29, 0.717) is 11.3 Å². The summed E-state index contributed by atoms with van der Waals surface area (Å²) in [7, 11) is -3.11. The summed E-state index contributed by atoms with van der Waals surface area (Å²) in [5.41, 5.74) is 6.04. The van der Waals surface area contributed by atoms with Crippen LogP contribution in [0.2, 0.25) is 0 Å². The first-order chi connectivity index (χ1) is 11.4. The van der Waals surface area contributed by atoms with Gasteiger partial charge in [-0.15, -0.1) is 11.3 Å². The third kappa shape index (κ3) is 4.16. The Labute approximate surface area is 145 Å². The molecule has 6 nitrogen and oxygen atoms in total. The summed E-state index contributed by atoms with van der Waals surface area (Å²) >= 11 is 1.49. The van der Waals surface area contributed by atoms with Crippen LogP contribution in [0.4, 0.5) is 0 Å². The van der Waals surface area contributed by atoms with Crippen LogP contribution >= 0.6 is 11.3 Å². The molecule has 0 aromatic carbocycles. The second-order valence-electron chi connectivity index (χ2n) is 6.52. The Morgan fingerprint density at radius 3 is 2.54 bits per heavy atom. The first kappa shape index (κ1) is 17.4. The van der Waals surface area contributed by atoms with Crippen LogP contribution in [0.5, 0.6) is 0 Å². The Bertz CT molecular complexity index is 714. The van der Waals surface area contributed by atoms with Gasteiger partial charge in [0.15, 0.2) is 9.84 Å². The molecule has 0 spiro atoms. The summed E-state index contributed by atoms with van der Waals surface area (Å²) in [4.78, 5) is 26.1. The zero-order valence-electron chi connectivity index (χ0n) is 13.5. The number of hydrogen-bond acceptors (Lipinski definition) is 5. The van der Waals surface area contributed by atoms with Crippen LogP contribution in [0.25, 0.3) is 0 Å². The summed E-state index contributed by atoms with van der Waals surface area (Å²) in [5, 5.41) is 0. The lowest BCUT2D eigenvalue weighted by molar-refractivity contribution is -0.125. The van der Waals surface area contributed by atoms with Crippen LogP contribution in [0.1, 0.15) is 52.2 Å². The molecule has 24 heavy (non-hydrogen) atoms. The molecule has 0 saturated carbocycles. The van der Waals surface area contributed by atoms with Gasteiger partial charge in [-0.3, -0.25) is 20.4 Å². The van der Waals surface area contributed by atoms with E-state index in [2.05, 4.69) is 10.9 Å². The van der Waals surface area contributed by atoms with Crippen molar-refractivity contribution in [1.29, 1.82) is 0 Å². The van der Waals surface area contributed by atoms with Gasteiger partial charge in [0.2, 0.25) is 5.91 Å². The highest BCUT2D eigenvalue weighted by molar-refractivity contribution is 7.91. The number of sulfone groups is 1. The largest absolute Gasteiger partial charge is 0.279 e. The fraction of sp³-hybridized carbons (Fsp3) is 0.625. The van der Waals surface area contributed by atoms with Gasteiger partial charge >= 0.3 is 0 Å². The van der Waals surface area contributed by atoms with E-state index >= 15 is 0 Å². The zero-order chi connectivity index (χ0) is 17.2. The predicted molar refractivity (Wildman–Crippen MR) is 92.6 cm³/mol. The van der Waals surface area contributed by atoms with Crippen molar-refractivity contribution in [1.82, 2.24) is 10.9 Å². The highest BCUT2D eigenvalue weighted by Gasteiger charge is 2.33. The minimum Gasteiger partial charge on any atom is -0.273 e. The van der Waals surface area contributed by atoms with Crippen molar-refractivity contribution in [3.63, 3.8) is 0 Å². The van der Waals surface area contributed by atoms with E-state index in [-0.39, 0.29) is 17.4 Å². The number of rotatable bonds is 2. The molecule has 1 aliphatic heterocycles. The maximum Gasteiger partial charge on any atom is 0.279 e. The summed E-state index contributed by atoms with van der Waals surface area (Å²) in [6.45, 7) is 0. The molecule has 1 aromatic rings. The maximum absolute atomic E-state index is 12.2. The van der Waals surface area contributed by atoms with Gasteiger partial charge in [-0.05, 0) is 43.7 Å². The molecule has 2 heterocycles. The van der Waals surface area contributed by atoms with Crippen LogP contribution in [0.3, 0.4) is 0 Å². The first-order valence-corrected chi connectivity index (χ1v) is 11.0. The Morgan fingerprint density at radius 1 is 1.08 bits per heavy atom. The molecule has 1 unspecified atom stereocenters. The standard InChI is InChI=1S/C16H22N2O4S2/c19-15(12-7-8-24(21,22)10-12)17-18-16(20)14-9-11-5-3-1-2-4-6-13(11)23-14/h9,12H,1-8,10H2,(H,17,19)(H,18,20). The molecule has 1 aromatic heterocycles. The van der Waals surface area contributed by atoms with Crippen molar-refractivity contribution in [2.45, 2.75) is 44.9 Å². The van der Waals surface area contributed by atoms with Gasteiger partial charge in [0.05, 0.1) is 22.3 Å². The molecular formula is C16H22N2O4S2. The molecule has 2 aliphatic rings. The molecular weight excluding hydrogens is 348 g/mol. The normalized spacial score (nSPS) is 22.9. The third-order valence-electron chi connectivity index (χ3n) is 4.62. The van der Waals surface area contributed by atoms with Crippen molar-refractivity contribution in [3.8, 4) is 0 Å². The highest BCUT2D eigenvalue weighted by atomic mass is 32.2. The van der Waals surface area contributed by atoms with E-state index in [1.54, 1.807) is 0 Å². The average molecular weight is 370 g/mol. The quantitative estimate of drug-likeness (QED) is 0.774. The molecule has 2 N–H and O–H groups in total. The van der Waals surface area contributed by atoms with Crippen molar-refractivity contribution < 1.29 is 18.0 Å². The van der Waals surface area contributed by atoms with E-state index in [1.807, 2.05) is 6.07 Å². The van der Waals surface area contributed by atoms with Crippen LogP contribution in [-0.4, -0.2) is 31.7 Å². The summed E-state index contributed by atoms with van der Waals surface area (Å²) in [6, 6.07) is 1.92. The van der Waals surface area contributed by atoms with E-state index in [4.69, 9.17) is 0 Å². The van der Waals surface area contributed by atoms with Crippen molar-refractivity contribution in [2.75, 3.05) is 11.5 Å². The third-order valence-corrected chi connectivity index (χ3v) is 7.63. The Hall–Kier alpha value is -1.41. The van der Waals surface area contributed by atoms with Gasteiger partial charge in [0.1, 0.15) is 0 Å². The SMILES string of the molecule is O=C(NNC(=O)C1CCS(=O)(=O)C1)c1cc2c(s1)CCCCCC2. The summed E-state index contributed by atoms with van der Waals surface area (Å²) in [5.74, 6) is -1.43. The highest BCUT2D eigenvalue weighted by Crippen LogP contribution is 2.28. The van der Waals surface area contributed by atoms with Gasteiger partial charge in [-0.25, -0.2) is 8.42 Å². The molecule has 1 saturated heterocycles. The topological polar surface area (TPSA) is 92.3 Å². The Morgan fingerprint density at radius 2 is 1.83 bits per heavy atom. The lowest BCUT2D eigenvalue weighted by Gasteiger charge is -2.09. The van der Waals surface area contributed by atoms with Gasteiger partial charge in [-0.1, -0.05) is 12.8 Å². The predicted octanol–water partition coefficient (Wildman–Crippen LogP) is 1.60. The fourth-order valence-corrected chi connectivity index (χ4v) is 6.13. The molecule has 1 fully saturated rings. The number of fused-ring (bicyclic) bond motifs is 1. The monoisotopic (exact) mass is 370 g/mol. The Balaban J connectivity index is 1.57. The number of nitrogens with one attached hydrogen (secondary N) is 2. The lowest BCUT2D eigenvalue weighted by atomic mass is 10.00. The number of amides is 2. The van der Waals surface area contributed by atoms with Gasteiger partial charge in [0, 0.05) is 4.88 Å². The van der Waals surface area contributed by atoms with Crippen molar-refractivity contribution in [3.05, 3.63) is 21.4 Å². The second-order valence-corrected chi connectivity index (χ2v) is 9.88. The molecule has 0 radical (unpaired) electrons. The molecule has 8 heteroatoms. The van der Waals surface area contributed by atoms with Gasteiger partial charge in [0.25, 0.3) is 5.91 Å². The number of thiophene rings is 1. The number of hydrogen-bond donors (Lipinski definition) is 2. The van der Waals surface area contributed by atoms with Crippen LogP contribution in [0, 0.1) is 5.92 Å². The minimum absolute atomic E-state index is 0.0384. The van der Waals surface area contributed by atoms with Crippen LogP contribution < -0.4 is 10.9 Å². The summed E-state index contributed by atoms with van der Waals surface area (Å²) in [6.07, 6.45) is 7.11. The molecule has 132 valence electrons. The van der Waals surface area contributed by atoms with E-state index in [9.17, 15) is 18.0 Å². The minimum atomic E-state index is -3.11. The smallest absolute Gasteiger partial charge is 0.273 e. The number of carbonyl (C=O) groups excluding carboxylic acids is 2. The lowest BCUT2D eigenvalue weighted by Crippen LogP contribution is -2.44. The first-order valence-electron chi connectivity index (χ1n) is 8.37. The molecule has 3 rings (SSSR count). The van der Waals surface area contributed by atoms with E-state index in [0.717, 1.165) is 25.7 Å². The van der Waals surface area contributed by atoms with Gasteiger partial charge < -0.3 is 0 Å². The van der Waals surface area contributed by atoms with E-state index < -0.39 is 21.7 Å². The fourth-order valence-electron chi connectivity index (χ4n) is 3.24. The number of hydrazine groups is 1. The molecule has 1 atom stereocenters. The zero-order valence-corrected chi connectivity index (χ0v) is 15.1. The van der Waals surface area contributed by atoms with Crippen molar-refractivity contribution >= 4 is 33.0 Å². The molecule has 2 amide bonds. The molecule has 0 bridgehead atoms. The summed E-state index contributed by atoms with van der Waals surface area (Å²) < 4.78 is 22.8.